The molecule has 0 spiro atoms. The Morgan fingerprint density at radius 3 is 2.67 bits per heavy atom. The van der Waals surface area contributed by atoms with E-state index in [0.29, 0.717) is 6.42 Å². The third kappa shape index (κ3) is 9.69. The highest BCUT2D eigenvalue weighted by Gasteiger charge is 2.16. The van der Waals surface area contributed by atoms with Crippen LogP contribution in [0.15, 0.2) is 0 Å². The molecule has 0 aliphatic rings. The van der Waals surface area contributed by atoms with Crippen LogP contribution >= 0.6 is 0 Å². The molecule has 0 saturated heterocycles. The fourth-order valence-corrected chi connectivity index (χ4v) is 1.26. The van der Waals surface area contributed by atoms with Gasteiger partial charge in [-0.05, 0) is 24.8 Å². The minimum absolute atomic E-state index is 0.208. The van der Waals surface area contributed by atoms with E-state index in [1.165, 1.54) is 0 Å². The zero-order chi connectivity index (χ0) is 11.7. The van der Waals surface area contributed by atoms with Gasteiger partial charge in [-0.15, -0.1) is 0 Å². The molecule has 0 heterocycles. The van der Waals surface area contributed by atoms with Gasteiger partial charge < -0.3 is 15.2 Å². The van der Waals surface area contributed by atoms with Crippen LogP contribution in [-0.2, 0) is 9.53 Å². The van der Waals surface area contributed by atoms with Crippen LogP contribution in [0.4, 0.5) is 0 Å². The summed E-state index contributed by atoms with van der Waals surface area (Å²) in [4.78, 5) is 10.3. The van der Waals surface area contributed by atoms with E-state index in [1.807, 2.05) is 0 Å². The number of nitrogens with one attached hydrogen (secondary N) is 1. The monoisotopic (exact) mass is 217 g/mol. The second-order valence-corrected chi connectivity index (χ2v) is 4.58. The van der Waals surface area contributed by atoms with Crippen LogP contribution in [0.3, 0.4) is 0 Å². The van der Waals surface area contributed by atoms with E-state index in [9.17, 15) is 4.79 Å². The minimum Gasteiger partial charge on any atom is -0.481 e. The molecule has 0 unspecified atom stereocenters. The third-order valence-corrected chi connectivity index (χ3v) is 2.33. The molecule has 0 aromatic heterocycles. The number of ether oxygens (including phenoxy) is 1. The highest BCUT2D eigenvalue weighted by Crippen LogP contribution is 2.18. The topological polar surface area (TPSA) is 58.6 Å². The van der Waals surface area contributed by atoms with Gasteiger partial charge in [-0.25, -0.2) is 0 Å². The molecule has 0 rings (SSSR count). The Labute approximate surface area is 92.0 Å². The molecule has 0 aliphatic heterocycles. The lowest BCUT2D eigenvalue weighted by Crippen LogP contribution is -2.31. The first kappa shape index (κ1) is 14.4. The summed E-state index contributed by atoms with van der Waals surface area (Å²) < 4.78 is 5.03. The lowest BCUT2D eigenvalue weighted by atomic mass is 9.90. The molecular weight excluding hydrogens is 194 g/mol. The second-order valence-electron chi connectivity index (χ2n) is 4.58. The first-order chi connectivity index (χ1) is 6.98. The molecule has 4 heteroatoms. The Balaban J connectivity index is 3.43. The molecule has 2 N–H and O–H groups in total. The van der Waals surface area contributed by atoms with Gasteiger partial charge in [0.25, 0.3) is 0 Å². The van der Waals surface area contributed by atoms with Gasteiger partial charge in [0.05, 0.1) is 0 Å². The van der Waals surface area contributed by atoms with E-state index < -0.39 is 5.97 Å². The van der Waals surface area contributed by atoms with Crippen molar-refractivity contribution in [3.8, 4) is 0 Å². The Hall–Kier alpha value is -0.610. The van der Waals surface area contributed by atoms with Crippen molar-refractivity contribution in [3.05, 3.63) is 0 Å². The molecular formula is C11H23NO3. The fraction of sp³-hybridized carbons (Fsp3) is 0.909. The molecule has 0 radical (unpaired) electrons. The first-order valence-corrected chi connectivity index (χ1v) is 5.39. The van der Waals surface area contributed by atoms with Crippen LogP contribution in [0.2, 0.25) is 0 Å². The van der Waals surface area contributed by atoms with Crippen molar-refractivity contribution in [1.82, 2.24) is 5.32 Å². The summed E-state index contributed by atoms with van der Waals surface area (Å²) in [5, 5.41) is 11.7. The number of hydrogen-bond donors (Lipinski definition) is 2. The highest BCUT2D eigenvalue weighted by atomic mass is 16.5. The summed E-state index contributed by atoms with van der Waals surface area (Å²) in [6.07, 6.45) is 1.94. The number of hydrogen-bond acceptors (Lipinski definition) is 3. The van der Waals surface area contributed by atoms with Crippen molar-refractivity contribution >= 4 is 5.97 Å². The molecule has 0 aromatic rings. The average Bonchev–Trinajstić information content (AvgIpc) is 2.14. The van der Waals surface area contributed by atoms with Gasteiger partial charge in [-0.2, -0.15) is 0 Å². The lowest BCUT2D eigenvalue weighted by Gasteiger charge is -2.24. The SMILES string of the molecule is COCCC(C)(C)CNCCCC(=O)O. The van der Waals surface area contributed by atoms with Crippen molar-refractivity contribution < 1.29 is 14.6 Å². The summed E-state index contributed by atoms with van der Waals surface area (Å²) in [5.41, 5.74) is 0.208. The van der Waals surface area contributed by atoms with Gasteiger partial charge in [0.2, 0.25) is 0 Å². The van der Waals surface area contributed by atoms with E-state index in [0.717, 1.165) is 26.1 Å². The van der Waals surface area contributed by atoms with Crippen LogP contribution in [-0.4, -0.2) is 37.9 Å². The fourth-order valence-electron chi connectivity index (χ4n) is 1.26. The van der Waals surface area contributed by atoms with Crippen molar-refractivity contribution in [2.45, 2.75) is 33.1 Å². The minimum atomic E-state index is -0.726. The predicted octanol–water partition coefficient (Wildman–Crippen LogP) is 1.50. The van der Waals surface area contributed by atoms with Crippen LogP contribution in [0, 0.1) is 5.41 Å². The number of aliphatic carboxylic acids is 1. The molecule has 15 heavy (non-hydrogen) atoms. The summed E-state index contributed by atoms with van der Waals surface area (Å²) in [6.45, 7) is 6.79. The summed E-state index contributed by atoms with van der Waals surface area (Å²) in [5.74, 6) is -0.726. The molecule has 0 aromatic carbocycles. The number of carboxylic acids is 1. The standard InChI is InChI=1S/C11H23NO3/c1-11(2,6-8-15-3)9-12-7-4-5-10(13)14/h12H,4-9H2,1-3H3,(H,13,14). The Bertz CT molecular complexity index is 181. The Morgan fingerprint density at radius 1 is 1.47 bits per heavy atom. The maximum Gasteiger partial charge on any atom is 0.303 e. The van der Waals surface area contributed by atoms with Gasteiger partial charge in [-0.1, -0.05) is 13.8 Å². The van der Waals surface area contributed by atoms with E-state index in [-0.39, 0.29) is 11.8 Å². The average molecular weight is 217 g/mol. The summed E-state index contributed by atoms with van der Waals surface area (Å²) >= 11 is 0. The van der Waals surface area contributed by atoms with Gasteiger partial charge in [0.15, 0.2) is 0 Å². The zero-order valence-corrected chi connectivity index (χ0v) is 10.0. The summed E-state index contributed by atoms with van der Waals surface area (Å²) in [7, 11) is 1.70. The number of carboxylic acid groups (broad SMARTS) is 1. The Kier molecular flexibility index (Phi) is 7.34. The van der Waals surface area contributed by atoms with Crippen LogP contribution in [0.1, 0.15) is 33.1 Å². The molecule has 0 aliphatic carbocycles. The number of methoxy groups -OCH3 is 1. The molecule has 0 amide bonds. The smallest absolute Gasteiger partial charge is 0.303 e. The van der Waals surface area contributed by atoms with Gasteiger partial charge in [0.1, 0.15) is 0 Å². The number of carbonyl (C=O) groups is 1. The van der Waals surface area contributed by atoms with E-state index in [2.05, 4.69) is 19.2 Å². The van der Waals surface area contributed by atoms with E-state index in [1.54, 1.807) is 7.11 Å². The molecule has 0 fully saturated rings. The quantitative estimate of drug-likeness (QED) is 0.575. The van der Waals surface area contributed by atoms with Crippen LogP contribution in [0.5, 0.6) is 0 Å². The van der Waals surface area contributed by atoms with Crippen LogP contribution in [0.25, 0.3) is 0 Å². The normalized spacial score (nSPS) is 11.7. The summed E-state index contributed by atoms with van der Waals surface area (Å²) in [6, 6.07) is 0. The van der Waals surface area contributed by atoms with Crippen molar-refractivity contribution in [2.75, 3.05) is 26.8 Å². The van der Waals surface area contributed by atoms with Gasteiger partial charge in [0, 0.05) is 26.7 Å². The zero-order valence-electron chi connectivity index (χ0n) is 10.0. The van der Waals surface area contributed by atoms with E-state index >= 15 is 0 Å². The van der Waals surface area contributed by atoms with Crippen molar-refractivity contribution in [1.29, 1.82) is 0 Å². The van der Waals surface area contributed by atoms with Crippen molar-refractivity contribution in [3.63, 3.8) is 0 Å². The third-order valence-electron chi connectivity index (χ3n) is 2.33. The van der Waals surface area contributed by atoms with Gasteiger partial charge >= 0.3 is 5.97 Å². The largest absolute Gasteiger partial charge is 0.481 e. The maximum atomic E-state index is 10.3. The lowest BCUT2D eigenvalue weighted by molar-refractivity contribution is -0.137. The molecule has 0 bridgehead atoms. The molecule has 0 atom stereocenters. The van der Waals surface area contributed by atoms with E-state index in [4.69, 9.17) is 9.84 Å². The van der Waals surface area contributed by atoms with Crippen LogP contribution < -0.4 is 5.32 Å². The highest BCUT2D eigenvalue weighted by molar-refractivity contribution is 5.66. The van der Waals surface area contributed by atoms with Crippen molar-refractivity contribution in [2.24, 2.45) is 5.41 Å². The molecule has 0 saturated carbocycles. The molecule has 4 nitrogen and oxygen atoms in total. The predicted molar refractivity (Wildman–Crippen MR) is 60.0 cm³/mol. The van der Waals surface area contributed by atoms with Gasteiger partial charge in [-0.3, -0.25) is 4.79 Å². The first-order valence-electron chi connectivity index (χ1n) is 5.39. The second kappa shape index (κ2) is 7.65. The maximum absolute atomic E-state index is 10.3. The Morgan fingerprint density at radius 2 is 2.13 bits per heavy atom. The molecule has 90 valence electrons. The number of rotatable bonds is 9.